The first-order valence-electron chi connectivity index (χ1n) is 9.90. The second-order valence-electron chi connectivity index (χ2n) is 7.11. The molecule has 0 fully saturated rings. The van der Waals surface area contributed by atoms with Gasteiger partial charge in [-0.15, -0.1) is 0 Å². The molecule has 1 aliphatic rings. The zero-order chi connectivity index (χ0) is 22.1. The number of ketones is 1. The average molecular weight is 419 g/mol. The third-order valence-corrected chi connectivity index (χ3v) is 5.09. The number of esters is 1. The lowest BCUT2D eigenvalue weighted by molar-refractivity contribution is -0.117. The van der Waals surface area contributed by atoms with Crippen molar-refractivity contribution in [3.8, 4) is 11.5 Å². The minimum Gasteiger partial charge on any atom is -0.462 e. The minimum absolute atomic E-state index is 0.0752. The first-order chi connectivity index (χ1) is 14.9. The zero-order valence-corrected chi connectivity index (χ0v) is 17.4. The lowest BCUT2D eigenvalue weighted by Gasteiger charge is -2.27. The highest BCUT2D eigenvalue weighted by Gasteiger charge is 2.35. The van der Waals surface area contributed by atoms with Crippen molar-refractivity contribution in [3.63, 3.8) is 0 Å². The maximum atomic E-state index is 13.5. The van der Waals surface area contributed by atoms with Crippen molar-refractivity contribution >= 4 is 23.5 Å². The van der Waals surface area contributed by atoms with Gasteiger partial charge in [0.05, 0.1) is 18.1 Å². The molecule has 0 spiro atoms. The molecule has 0 bridgehead atoms. The summed E-state index contributed by atoms with van der Waals surface area (Å²) >= 11 is 0. The number of aryl methyl sites for hydroxylation is 1. The summed E-state index contributed by atoms with van der Waals surface area (Å²) in [7, 11) is 0. The third kappa shape index (κ3) is 3.59. The summed E-state index contributed by atoms with van der Waals surface area (Å²) in [6.07, 6.45) is 0. The van der Waals surface area contributed by atoms with Gasteiger partial charge in [-0.1, -0.05) is 36.4 Å². The van der Waals surface area contributed by atoms with Crippen molar-refractivity contribution in [1.82, 2.24) is 0 Å². The second-order valence-corrected chi connectivity index (χ2v) is 7.11. The summed E-state index contributed by atoms with van der Waals surface area (Å²) in [5.41, 5.74) is 1.40. The average Bonchev–Trinajstić information content (AvgIpc) is 3.07. The molecule has 4 rings (SSSR count). The van der Waals surface area contributed by atoms with Gasteiger partial charge in [0, 0.05) is 11.1 Å². The van der Waals surface area contributed by atoms with E-state index in [-0.39, 0.29) is 35.2 Å². The monoisotopic (exact) mass is 419 g/mol. The number of carbonyl (C=O) groups excluding carboxylic acids is 3. The van der Waals surface area contributed by atoms with Gasteiger partial charge in [0.15, 0.2) is 5.78 Å². The van der Waals surface area contributed by atoms with Gasteiger partial charge < -0.3 is 13.9 Å². The molecule has 0 saturated heterocycles. The molecule has 7 nitrogen and oxygen atoms in total. The van der Waals surface area contributed by atoms with Gasteiger partial charge in [-0.05, 0) is 32.9 Å². The lowest BCUT2D eigenvalue weighted by atomic mass is 9.87. The van der Waals surface area contributed by atoms with Crippen molar-refractivity contribution in [1.29, 1.82) is 0 Å². The Morgan fingerprint density at radius 3 is 2.10 bits per heavy atom. The molecule has 1 aliphatic heterocycles. The predicted molar refractivity (Wildman–Crippen MR) is 113 cm³/mol. The number of Topliss-reactive ketones (excluding diaryl/α,β-unsaturated/α-hetero) is 1. The maximum Gasteiger partial charge on any atom is 0.344 e. The highest BCUT2D eigenvalue weighted by atomic mass is 16.5. The van der Waals surface area contributed by atoms with Crippen LogP contribution in [0.15, 0.2) is 52.9 Å². The molecule has 31 heavy (non-hydrogen) atoms. The molecule has 0 atom stereocenters. The number of carbonyl (C=O) groups is 3. The summed E-state index contributed by atoms with van der Waals surface area (Å²) in [5.74, 6) is -0.913. The van der Waals surface area contributed by atoms with Crippen LogP contribution in [-0.4, -0.2) is 24.3 Å². The van der Waals surface area contributed by atoms with E-state index < -0.39 is 17.8 Å². The number of hydrogen-bond donors (Lipinski definition) is 1. The minimum atomic E-state index is -0.729. The van der Waals surface area contributed by atoms with E-state index in [0.717, 1.165) is 0 Å². The highest BCUT2D eigenvalue weighted by Crippen LogP contribution is 2.44. The van der Waals surface area contributed by atoms with E-state index in [0.29, 0.717) is 22.6 Å². The standard InChI is InChI=1S/C24H21NO6/c1-4-29-24(28)21-19(13(2)26)14(3)30-23(21)25-22(27)20-15-9-5-7-11-17(15)31-18-12-8-6-10-16(18)20/h5-12,20H,4H2,1-3H3,(H,25,27). The Kier molecular flexibility index (Phi) is 5.33. The molecule has 7 heteroatoms. The smallest absolute Gasteiger partial charge is 0.344 e. The van der Waals surface area contributed by atoms with E-state index in [2.05, 4.69) is 5.32 Å². The summed E-state index contributed by atoms with van der Waals surface area (Å²) in [6, 6.07) is 14.5. The van der Waals surface area contributed by atoms with E-state index in [1.54, 1.807) is 26.0 Å². The molecule has 0 radical (unpaired) electrons. The molecule has 1 amide bonds. The van der Waals surface area contributed by atoms with E-state index in [1.807, 2.05) is 36.4 Å². The number of nitrogens with one attached hydrogen (secondary N) is 1. The van der Waals surface area contributed by atoms with Crippen LogP contribution in [0.2, 0.25) is 0 Å². The van der Waals surface area contributed by atoms with Gasteiger partial charge in [0.2, 0.25) is 11.8 Å². The van der Waals surface area contributed by atoms with Crippen LogP contribution in [-0.2, 0) is 9.53 Å². The highest BCUT2D eigenvalue weighted by molar-refractivity contribution is 6.11. The van der Waals surface area contributed by atoms with Gasteiger partial charge in [-0.3, -0.25) is 14.9 Å². The number of benzene rings is 2. The largest absolute Gasteiger partial charge is 0.462 e. The van der Waals surface area contributed by atoms with Gasteiger partial charge in [0.1, 0.15) is 22.8 Å². The van der Waals surface area contributed by atoms with Gasteiger partial charge in [-0.2, -0.15) is 0 Å². The molecule has 1 aromatic heterocycles. The normalized spacial score (nSPS) is 12.4. The van der Waals surface area contributed by atoms with Gasteiger partial charge >= 0.3 is 5.97 Å². The van der Waals surface area contributed by atoms with Crippen LogP contribution in [0.5, 0.6) is 11.5 Å². The van der Waals surface area contributed by atoms with E-state index in [1.165, 1.54) is 6.92 Å². The molecule has 2 aromatic carbocycles. The Hall–Kier alpha value is -3.87. The molecule has 0 aliphatic carbocycles. The van der Waals surface area contributed by atoms with Crippen molar-refractivity contribution in [3.05, 3.63) is 76.5 Å². The summed E-state index contributed by atoms with van der Waals surface area (Å²) < 4.78 is 16.7. The number of para-hydroxylation sites is 2. The SMILES string of the molecule is CCOC(=O)c1c(NC(=O)C2c3ccccc3Oc3ccccc32)oc(C)c1C(C)=O. The number of rotatable bonds is 5. The third-order valence-electron chi connectivity index (χ3n) is 5.09. The lowest BCUT2D eigenvalue weighted by Crippen LogP contribution is -2.26. The number of fused-ring (bicyclic) bond motifs is 2. The van der Waals surface area contributed by atoms with Gasteiger partial charge in [0.25, 0.3) is 0 Å². The van der Waals surface area contributed by atoms with E-state index in [4.69, 9.17) is 13.9 Å². The second kappa shape index (κ2) is 8.10. The van der Waals surface area contributed by atoms with E-state index >= 15 is 0 Å². The fourth-order valence-corrected chi connectivity index (χ4v) is 3.83. The molecule has 1 N–H and O–H groups in total. The maximum absolute atomic E-state index is 13.5. The molecule has 0 unspecified atom stereocenters. The Morgan fingerprint density at radius 2 is 1.55 bits per heavy atom. The molecule has 158 valence electrons. The van der Waals surface area contributed by atoms with Crippen molar-refractivity contribution in [2.24, 2.45) is 0 Å². The molecule has 2 heterocycles. The molecular weight excluding hydrogens is 398 g/mol. The Labute approximate surface area is 179 Å². The first kappa shape index (κ1) is 20.4. The number of hydrogen-bond acceptors (Lipinski definition) is 6. The number of furan rings is 1. The summed E-state index contributed by atoms with van der Waals surface area (Å²) in [5, 5.41) is 2.70. The van der Waals surface area contributed by atoms with Gasteiger partial charge in [-0.25, -0.2) is 4.79 Å². The zero-order valence-electron chi connectivity index (χ0n) is 17.4. The van der Waals surface area contributed by atoms with Crippen LogP contribution in [0.25, 0.3) is 0 Å². The Morgan fingerprint density at radius 1 is 0.968 bits per heavy atom. The van der Waals surface area contributed by atoms with Crippen LogP contribution in [0.3, 0.4) is 0 Å². The van der Waals surface area contributed by atoms with Crippen LogP contribution >= 0.6 is 0 Å². The molecule has 3 aromatic rings. The van der Waals surface area contributed by atoms with Crippen molar-refractivity contribution in [2.75, 3.05) is 11.9 Å². The van der Waals surface area contributed by atoms with Crippen LogP contribution < -0.4 is 10.1 Å². The topological polar surface area (TPSA) is 94.8 Å². The number of ether oxygens (including phenoxy) is 2. The Bertz CT molecular complexity index is 1150. The number of amides is 1. The summed E-state index contributed by atoms with van der Waals surface area (Å²) in [6.45, 7) is 4.67. The summed E-state index contributed by atoms with van der Waals surface area (Å²) in [4.78, 5) is 38.1. The quantitative estimate of drug-likeness (QED) is 0.470. The Balaban J connectivity index is 1.77. The predicted octanol–water partition coefficient (Wildman–Crippen LogP) is 4.84. The fourth-order valence-electron chi connectivity index (χ4n) is 3.83. The van der Waals surface area contributed by atoms with Crippen LogP contribution in [0.4, 0.5) is 5.88 Å². The molecule has 0 saturated carbocycles. The van der Waals surface area contributed by atoms with Crippen LogP contribution in [0, 0.1) is 6.92 Å². The van der Waals surface area contributed by atoms with Crippen LogP contribution in [0.1, 0.15) is 57.4 Å². The molecular formula is C24H21NO6. The fraction of sp³-hybridized carbons (Fsp3) is 0.208. The first-order valence-corrected chi connectivity index (χ1v) is 9.90. The van der Waals surface area contributed by atoms with E-state index in [9.17, 15) is 14.4 Å². The van der Waals surface area contributed by atoms with Crippen molar-refractivity contribution in [2.45, 2.75) is 26.7 Å². The van der Waals surface area contributed by atoms with Crippen molar-refractivity contribution < 1.29 is 28.3 Å². The number of anilines is 1.